The van der Waals surface area contributed by atoms with Gasteiger partial charge in [0.2, 0.25) is 0 Å². The van der Waals surface area contributed by atoms with Crippen LogP contribution in [0.3, 0.4) is 0 Å². The average molecular weight is 503 g/mol. The Hall–Kier alpha value is -1.72. The van der Waals surface area contributed by atoms with Crippen LogP contribution in [0.1, 0.15) is 115 Å². The summed E-state index contributed by atoms with van der Waals surface area (Å²) in [5, 5.41) is 0. The van der Waals surface area contributed by atoms with Crippen LogP contribution in [0.5, 0.6) is 0 Å². The van der Waals surface area contributed by atoms with Gasteiger partial charge >= 0.3 is 0 Å². The Labute approximate surface area is 223 Å². The molecule has 1 aromatic heterocycles. The SMILES string of the molecule is CC(=O)CN1CCC[C@@H]1c1nc2ccccc2n1[C@H]1C[C@H]2CCC[C@@H](C1)N2[C@@H]1C[C@@H]2CCCC[C@@H](C2)C1. The van der Waals surface area contributed by atoms with Crippen molar-refractivity contribution in [2.75, 3.05) is 13.1 Å². The maximum absolute atomic E-state index is 12.1. The van der Waals surface area contributed by atoms with Crippen LogP contribution < -0.4 is 0 Å². The Bertz CT molecular complexity index is 1100. The molecule has 5 fully saturated rings. The number of Topliss-reactive ketones (excluding diaryl/α,β-unsaturated/α-hetero) is 1. The summed E-state index contributed by atoms with van der Waals surface area (Å²) in [6.45, 7) is 3.30. The van der Waals surface area contributed by atoms with Crippen LogP contribution in [0, 0.1) is 11.8 Å². The van der Waals surface area contributed by atoms with E-state index in [0.717, 1.165) is 54.9 Å². The van der Waals surface area contributed by atoms with Crippen molar-refractivity contribution < 1.29 is 4.79 Å². The molecule has 2 aromatic rings. The first-order chi connectivity index (χ1) is 18.1. The van der Waals surface area contributed by atoms with Crippen LogP contribution in [-0.4, -0.2) is 56.3 Å². The molecule has 4 heterocycles. The number of fused-ring (bicyclic) bond motifs is 5. The zero-order valence-corrected chi connectivity index (χ0v) is 22.9. The summed E-state index contributed by atoms with van der Waals surface area (Å²) in [6.07, 6.45) is 19.4. The van der Waals surface area contributed by atoms with E-state index in [1.807, 2.05) is 0 Å². The van der Waals surface area contributed by atoms with Gasteiger partial charge in [-0.15, -0.1) is 0 Å². The Morgan fingerprint density at radius 3 is 2.27 bits per heavy atom. The van der Waals surface area contributed by atoms with Crippen LogP contribution in [0.15, 0.2) is 24.3 Å². The minimum Gasteiger partial charge on any atom is -0.323 e. The van der Waals surface area contributed by atoms with Gasteiger partial charge in [-0.25, -0.2) is 4.98 Å². The second-order valence-corrected chi connectivity index (χ2v) is 13.3. The van der Waals surface area contributed by atoms with Gasteiger partial charge in [-0.1, -0.05) is 44.2 Å². The minimum atomic E-state index is 0.269. The van der Waals surface area contributed by atoms with Gasteiger partial charge in [0.15, 0.2) is 0 Å². The fraction of sp³-hybridized carbons (Fsp3) is 0.750. The topological polar surface area (TPSA) is 41.4 Å². The van der Waals surface area contributed by atoms with Crippen LogP contribution in [0.2, 0.25) is 0 Å². The van der Waals surface area contributed by atoms with E-state index >= 15 is 0 Å². The lowest BCUT2D eigenvalue weighted by molar-refractivity contribution is -0.118. The Morgan fingerprint density at radius 2 is 1.54 bits per heavy atom. The minimum absolute atomic E-state index is 0.269. The number of hydrogen-bond acceptors (Lipinski definition) is 4. The van der Waals surface area contributed by atoms with Crippen molar-refractivity contribution in [3.8, 4) is 0 Å². The molecule has 0 unspecified atom stereocenters. The van der Waals surface area contributed by atoms with Crippen molar-refractivity contribution >= 4 is 16.8 Å². The molecule has 0 spiro atoms. The number of carbonyl (C=O) groups excluding carboxylic acids is 1. The van der Waals surface area contributed by atoms with Gasteiger partial charge in [-0.05, 0) is 95.2 Å². The Balaban J connectivity index is 1.20. The van der Waals surface area contributed by atoms with E-state index < -0.39 is 0 Å². The molecule has 5 aliphatic rings. The second kappa shape index (κ2) is 10.1. The smallest absolute Gasteiger partial charge is 0.143 e. The molecule has 200 valence electrons. The summed E-state index contributed by atoms with van der Waals surface area (Å²) in [7, 11) is 0. The highest BCUT2D eigenvalue weighted by Gasteiger charge is 2.45. The molecule has 0 amide bonds. The number of nitrogens with zero attached hydrogens (tertiary/aromatic N) is 4. The number of benzene rings is 1. The van der Waals surface area contributed by atoms with Gasteiger partial charge in [0.05, 0.1) is 23.6 Å². The van der Waals surface area contributed by atoms with Gasteiger partial charge in [-0.2, -0.15) is 0 Å². The standard InChI is InChI=1S/C32H46N4O/c1-22(37)21-34-15-7-14-31(34)32-33-29-12-4-5-13-30(29)36(32)28-19-25-10-6-11-26(20-28)35(25)27-17-23-8-2-3-9-24(16-23)18-27/h4-5,12-13,23-28,31H,2-3,6-11,14-21H2,1H3/t23-,24+,25-,26+,27-,28+,31-/m1/s1. The molecular formula is C32H46N4O. The van der Waals surface area contributed by atoms with E-state index in [1.54, 1.807) is 6.92 Å². The first-order valence-electron chi connectivity index (χ1n) is 15.6. The largest absolute Gasteiger partial charge is 0.323 e. The lowest BCUT2D eigenvalue weighted by atomic mass is 9.73. The molecular weight excluding hydrogens is 456 g/mol. The number of ketones is 1. The molecule has 5 nitrogen and oxygen atoms in total. The van der Waals surface area contributed by atoms with Gasteiger partial charge < -0.3 is 4.57 Å². The summed E-state index contributed by atoms with van der Waals surface area (Å²) < 4.78 is 2.67. The number of hydrogen-bond donors (Lipinski definition) is 0. The summed E-state index contributed by atoms with van der Waals surface area (Å²) in [5.74, 6) is 3.48. The predicted octanol–water partition coefficient (Wildman–Crippen LogP) is 6.68. The number of piperidine rings is 2. The van der Waals surface area contributed by atoms with E-state index in [9.17, 15) is 4.79 Å². The lowest BCUT2D eigenvalue weighted by Crippen LogP contribution is -2.58. The van der Waals surface area contributed by atoms with Crippen molar-refractivity contribution in [1.82, 2.24) is 19.4 Å². The molecule has 3 saturated heterocycles. The lowest BCUT2D eigenvalue weighted by Gasteiger charge is -2.55. The number of imidazole rings is 1. The first-order valence-corrected chi connectivity index (χ1v) is 15.6. The molecule has 3 aliphatic heterocycles. The normalized spacial score (nSPS) is 37.1. The molecule has 0 N–H and O–H groups in total. The number of para-hydroxylation sites is 2. The Morgan fingerprint density at radius 1 is 0.811 bits per heavy atom. The van der Waals surface area contributed by atoms with Crippen LogP contribution >= 0.6 is 0 Å². The molecule has 4 bridgehead atoms. The zero-order valence-electron chi connectivity index (χ0n) is 22.9. The quantitative estimate of drug-likeness (QED) is 0.457. The van der Waals surface area contributed by atoms with Crippen molar-refractivity contribution in [3.63, 3.8) is 0 Å². The van der Waals surface area contributed by atoms with E-state index in [1.165, 1.54) is 88.4 Å². The van der Waals surface area contributed by atoms with E-state index in [4.69, 9.17) is 4.98 Å². The molecule has 2 aliphatic carbocycles. The summed E-state index contributed by atoms with van der Waals surface area (Å²) in [5.41, 5.74) is 2.45. The van der Waals surface area contributed by atoms with Gasteiger partial charge in [0.1, 0.15) is 11.6 Å². The summed E-state index contributed by atoms with van der Waals surface area (Å²) in [4.78, 5) is 22.8. The third kappa shape index (κ3) is 4.58. The molecule has 37 heavy (non-hydrogen) atoms. The van der Waals surface area contributed by atoms with Crippen molar-refractivity contribution in [1.29, 1.82) is 0 Å². The van der Waals surface area contributed by atoms with Crippen LogP contribution in [0.4, 0.5) is 0 Å². The summed E-state index contributed by atoms with van der Waals surface area (Å²) >= 11 is 0. The van der Waals surface area contributed by atoms with Crippen molar-refractivity contribution in [3.05, 3.63) is 30.1 Å². The maximum atomic E-state index is 12.1. The average Bonchev–Trinajstić information content (AvgIpc) is 3.45. The van der Waals surface area contributed by atoms with Gasteiger partial charge in [0, 0.05) is 24.2 Å². The number of likely N-dealkylation sites (tertiary alicyclic amines) is 1. The third-order valence-corrected chi connectivity index (χ3v) is 10.9. The third-order valence-electron chi connectivity index (χ3n) is 10.9. The molecule has 1 aromatic carbocycles. The second-order valence-electron chi connectivity index (χ2n) is 13.3. The van der Waals surface area contributed by atoms with E-state index in [2.05, 4.69) is 38.6 Å². The van der Waals surface area contributed by atoms with Gasteiger partial charge in [0.25, 0.3) is 0 Å². The molecule has 5 heteroatoms. The highest BCUT2D eigenvalue weighted by molar-refractivity contribution is 5.78. The zero-order chi connectivity index (χ0) is 24.9. The van der Waals surface area contributed by atoms with Crippen LogP contribution in [-0.2, 0) is 4.79 Å². The molecule has 0 radical (unpaired) electrons. The summed E-state index contributed by atoms with van der Waals surface area (Å²) in [6, 6.07) is 11.9. The number of carbonyl (C=O) groups is 1. The Kier molecular flexibility index (Phi) is 6.65. The fourth-order valence-electron chi connectivity index (χ4n) is 9.58. The van der Waals surface area contributed by atoms with Crippen LogP contribution in [0.25, 0.3) is 11.0 Å². The van der Waals surface area contributed by atoms with E-state index in [0.29, 0.717) is 12.6 Å². The monoisotopic (exact) mass is 502 g/mol. The highest BCUT2D eigenvalue weighted by atomic mass is 16.1. The molecule has 2 saturated carbocycles. The number of rotatable bonds is 5. The highest BCUT2D eigenvalue weighted by Crippen LogP contribution is 2.48. The van der Waals surface area contributed by atoms with Crippen molar-refractivity contribution in [2.24, 2.45) is 11.8 Å². The van der Waals surface area contributed by atoms with Crippen molar-refractivity contribution in [2.45, 2.75) is 127 Å². The fourth-order valence-corrected chi connectivity index (χ4v) is 9.58. The van der Waals surface area contributed by atoms with E-state index in [-0.39, 0.29) is 11.8 Å². The molecule has 7 rings (SSSR count). The number of aromatic nitrogens is 2. The first kappa shape index (κ1) is 24.3. The molecule has 7 atom stereocenters. The maximum Gasteiger partial charge on any atom is 0.143 e. The van der Waals surface area contributed by atoms with Gasteiger partial charge in [-0.3, -0.25) is 14.6 Å². The predicted molar refractivity (Wildman–Crippen MR) is 149 cm³/mol.